The summed E-state index contributed by atoms with van der Waals surface area (Å²) >= 11 is 5.97. The summed E-state index contributed by atoms with van der Waals surface area (Å²) in [6, 6.07) is 9.58. The van der Waals surface area contributed by atoms with Crippen LogP contribution in [0.25, 0.3) is 6.08 Å². The van der Waals surface area contributed by atoms with E-state index in [0.29, 0.717) is 5.56 Å². The second-order valence-electron chi connectivity index (χ2n) is 5.84. The van der Waals surface area contributed by atoms with Crippen LogP contribution in [-0.4, -0.2) is 30.1 Å². The Labute approximate surface area is 182 Å². The van der Waals surface area contributed by atoms with Gasteiger partial charge in [-0.3, -0.25) is 10.1 Å². The summed E-state index contributed by atoms with van der Waals surface area (Å²) in [6.07, 6.45) is 1.32. The van der Waals surface area contributed by atoms with Crippen molar-refractivity contribution in [1.29, 1.82) is 5.26 Å². The molecule has 0 heterocycles. The lowest BCUT2D eigenvalue weighted by Gasteiger charge is -2.12. The molecule has 0 unspecified atom stereocenters. The van der Waals surface area contributed by atoms with Gasteiger partial charge < -0.3 is 14.2 Å². The summed E-state index contributed by atoms with van der Waals surface area (Å²) in [6.45, 7) is 3.72. The van der Waals surface area contributed by atoms with Gasteiger partial charge in [0.2, 0.25) is 0 Å². The smallest absolute Gasteiger partial charge is 0.348 e. The Morgan fingerprint density at radius 3 is 2.48 bits per heavy atom. The Morgan fingerprint density at radius 2 is 1.90 bits per heavy atom. The van der Waals surface area contributed by atoms with Crippen molar-refractivity contribution in [3.05, 3.63) is 68.2 Å². The lowest BCUT2D eigenvalue weighted by molar-refractivity contribution is -0.384. The van der Waals surface area contributed by atoms with Crippen LogP contribution in [-0.2, 0) is 9.53 Å². The van der Waals surface area contributed by atoms with Gasteiger partial charge in [0.1, 0.15) is 11.6 Å². The predicted octanol–water partition coefficient (Wildman–Crippen LogP) is 4.34. The Kier molecular flexibility index (Phi) is 8.11. The Morgan fingerprint density at radius 1 is 1.16 bits per heavy atom. The zero-order valence-corrected chi connectivity index (χ0v) is 17.3. The number of carbonyl (C=O) groups is 2. The van der Waals surface area contributed by atoms with Crippen LogP contribution in [0.2, 0.25) is 5.02 Å². The third-order valence-electron chi connectivity index (χ3n) is 3.78. The fourth-order valence-corrected chi connectivity index (χ4v) is 2.67. The normalized spacial score (nSPS) is 10.7. The van der Waals surface area contributed by atoms with Gasteiger partial charge in [-0.25, -0.2) is 9.59 Å². The van der Waals surface area contributed by atoms with E-state index in [4.69, 9.17) is 31.1 Å². The summed E-state index contributed by atoms with van der Waals surface area (Å²) in [5.74, 6) is -1.35. The van der Waals surface area contributed by atoms with Crippen LogP contribution in [0.1, 0.15) is 29.8 Å². The summed E-state index contributed by atoms with van der Waals surface area (Å²) in [7, 11) is 0. The standard InChI is InChI=1S/C21H17ClN2O7/c1-3-29-19-10-13(9-14(12-23)20(25)30-4-2)5-8-18(19)31-21(26)16-7-6-15(24(27)28)11-17(16)22/h5-11H,3-4H2,1-2H3/b14-9+. The van der Waals surface area contributed by atoms with Crippen LogP contribution in [0, 0.1) is 21.4 Å². The van der Waals surface area contributed by atoms with Crippen LogP contribution in [0.4, 0.5) is 5.69 Å². The summed E-state index contributed by atoms with van der Waals surface area (Å²) in [5.41, 5.74) is -0.0803. The zero-order valence-electron chi connectivity index (χ0n) is 16.6. The summed E-state index contributed by atoms with van der Waals surface area (Å²) in [4.78, 5) is 34.5. The molecule has 2 aromatic carbocycles. The topological polar surface area (TPSA) is 129 Å². The maximum absolute atomic E-state index is 12.5. The van der Waals surface area contributed by atoms with E-state index < -0.39 is 16.9 Å². The quantitative estimate of drug-likeness (QED) is 0.147. The van der Waals surface area contributed by atoms with Crippen LogP contribution >= 0.6 is 11.6 Å². The third kappa shape index (κ3) is 6.04. The molecule has 0 aliphatic rings. The number of ether oxygens (including phenoxy) is 3. The van der Waals surface area contributed by atoms with Crippen molar-refractivity contribution in [2.24, 2.45) is 0 Å². The van der Waals surface area contributed by atoms with Crippen molar-refractivity contribution in [3.8, 4) is 17.6 Å². The monoisotopic (exact) mass is 444 g/mol. The molecule has 0 amide bonds. The molecular weight excluding hydrogens is 428 g/mol. The first kappa shape index (κ1) is 23.4. The number of nitrogens with zero attached hydrogens (tertiary/aromatic N) is 2. The Balaban J connectivity index is 2.33. The van der Waals surface area contributed by atoms with Gasteiger partial charge >= 0.3 is 11.9 Å². The van der Waals surface area contributed by atoms with E-state index in [1.54, 1.807) is 19.9 Å². The molecule has 0 aromatic heterocycles. The highest BCUT2D eigenvalue weighted by Crippen LogP contribution is 2.31. The van der Waals surface area contributed by atoms with Crippen molar-refractivity contribution < 1.29 is 28.7 Å². The molecule has 0 radical (unpaired) electrons. The van der Waals surface area contributed by atoms with E-state index in [1.165, 1.54) is 30.3 Å². The maximum atomic E-state index is 12.5. The maximum Gasteiger partial charge on any atom is 0.348 e. The highest BCUT2D eigenvalue weighted by atomic mass is 35.5. The molecule has 160 valence electrons. The van der Waals surface area contributed by atoms with E-state index in [0.717, 1.165) is 12.1 Å². The molecule has 0 bridgehead atoms. The van der Waals surface area contributed by atoms with Crippen molar-refractivity contribution in [2.45, 2.75) is 13.8 Å². The van der Waals surface area contributed by atoms with Crippen molar-refractivity contribution in [2.75, 3.05) is 13.2 Å². The largest absolute Gasteiger partial charge is 0.490 e. The van der Waals surface area contributed by atoms with E-state index in [9.17, 15) is 19.7 Å². The Hall–Kier alpha value is -3.90. The first-order valence-corrected chi connectivity index (χ1v) is 9.40. The van der Waals surface area contributed by atoms with E-state index in [2.05, 4.69) is 0 Å². The number of benzene rings is 2. The summed E-state index contributed by atoms with van der Waals surface area (Å²) in [5, 5.41) is 19.8. The molecule has 0 N–H and O–H groups in total. The molecule has 0 saturated heterocycles. The molecule has 0 aliphatic carbocycles. The fourth-order valence-electron chi connectivity index (χ4n) is 2.42. The average molecular weight is 445 g/mol. The molecule has 9 nitrogen and oxygen atoms in total. The van der Waals surface area contributed by atoms with E-state index in [-0.39, 0.29) is 46.6 Å². The van der Waals surface area contributed by atoms with Crippen molar-refractivity contribution >= 4 is 35.3 Å². The number of hydrogen-bond acceptors (Lipinski definition) is 8. The van der Waals surface area contributed by atoms with Gasteiger partial charge in [0, 0.05) is 12.1 Å². The minimum atomic E-state index is -0.839. The van der Waals surface area contributed by atoms with Crippen LogP contribution < -0.4 is 9.47 Å². The molecule has 2 rings (SSSR count). The number of rotatable bonds is 8. The number of nitro groups is 1. The first-order chi connectivity index (χ1) is 14.8. The van der Waals surface area contributed by atoms with Gasteiger partial charge in [0.25, 0.3) is 5.69 Å². The van der Waals surface area contributed by atoms with Crippen LogP contribution in [0.5, 0.6) is 11.5 Å². The van der Waals surface area contributed by atoms with Crippen molar-refractivity contribution in [3.63, 3.8) is 0 Å². The number of nitro benzene ring substituents is 1. The van der Waals surface area contributed by atoms with Gasteiger partial charge in [-0.2, -0.15) is 5.26 Å². The van der Waals surface area contributed by atoms with E-state index in [1.807, 2.05) is 0 Å². The number of carbonyl (C=O) groups excluding carboxylic acids is 2. The van der Waals surface area contributed by atoms with Gasteiger partial charge in [-0.05, 0) is 43.7 Å². The molecule has 0 fully saturated rings. The SMILES string of the molecule is CCOC(=O)/C(C#N)=C/c1ccc(OC(=O)c2ccc([N+](=O)[O-])cc2Cl)c(OCC)c1. The number of esters is 2. The molecular formula is C21H17ClN2O7. The van der Waals surface area contributed by atoms with Gasteiger partial charge in [0.15, 0.2) is 11.5 Å². The van der Waals surface area contributed by atoms with Gasteiger partial charge in [0.05, 0.1) is 28.7 Å². The average Bonchev–Trinajstić information content (AvgIpc) is 2.73. The molecule has 31 heavy (non-hydrogen) atoms. The lowest BCUT2D eigenvalue weighted by Crippen LogP contribution is -2.10. The fraction of sp³-hybridized carbons (Fsp3) is 0.190. The third-order valence-corrected chi connectivity index (χ3v) is 4.09. The minimum Gasteiger partial charge on any atom is -0.490 e. The van der Waals surface area contributed by atoms with E-state index >= 15 is 0 Å². The molecule has 0 atom stereocenters. The summed E-state index contributed by atoms with van der Waals surface area (Å²) < 4.78 is 15.7. The van der Waals surface area contributed by atoms with Gasteiger partial charge in [-0.15, -0.1) is 0 Å². The van der Waals surface area contributed by atoms with Crippen LogP contribution in [0.3, 0.4) is 0 Å². The number of halogens is 1. The minimum absolute atomic E-state index is 0.0623. The second kappa shape index (κ2) is 10.8. The zero-order chi connectivity index (χ0) is 23.0. The molecule has 0 aliphatic heterocycles. The first-order valence-electron chi connectivity index (χ1n) is 9.02. The highest BCUT2D eigenvalue weighted by Gasteiger charge is 2.19. The number of hydrogen-bond donors (Lipinski definition) is 0. The molecule has 0 spiro atoms. The predicted molar refractivity (Wildman–Crippen MR) is 111 cm³/mol. The molecule has 2 aromatic rings. The Bertz CT molecular complexity index is 1090. The highest BCUT2D eigenvalue weighted by molar-refractivity contribution is 6.33. The number of non-ortho nitro benzene ring substituents is 1. The molecule has 10 heteroatoms. The van der Waals surface area contributed by atoms with Gasteiger partial charge in [-0.1, -0.05) is 17.7 Å². The second-order valence-corrected chi connectivity index (χ2v) is 6.25. The van der Waals surface area contributed by atoms with Crippen molar-refractivity contribution in [1.82, 2.24) is 0 Å². The van der Waals surface area contributed by atoms with Crippen LogP contribution in [0.15, 0.2) is 42.0 Å². The molecule has 0 saturated carbocycles. The lowest BCUT2D eigenvalue weighted by atomic mass is 10.1. The number of nitriles is 1.